The van der Waals surface area contributed by atoms with Gasteiger partial charge in [0.2, 0.25) is 5.88 Å². The van der Waals surface area contributed by atoms with Crippen LogP contribution in [0.2, 0.25) is 0 Å². The van der Waals surface area contributed by atoms with Gasteiger partial charge in [0.05, 0.1) is 23.4 Å². The number of amides is 1. The maximum atomic E-state index is 12.5. The molecule has 3 heterocycles. The number of aryl methyl sites for hydroxylation is 2. The Morgan fingerprint density at radius 2 is 2.23 bits per heavy atom. The molecule has 1 unspecified atom stereocenters. The molecule has 1 fully saturated rings. The van der Waals surface area contributed by atoms with Crippen molar-refractivity contribution < 1.29 is 9.53 Å². The number of rotatable bonds is 3. The minimum Gasteiger partial charge on any atom is -0.471 e. The predicted octanol–water partition coefficient (Wildman–Crippen LogP) is 2.23. The third-order valence-electron chi connectivity index (χ3n) is 3.67. The van der Waals surface area contributed by atoms with E-state index < -0.39 is 0 Å². The van der Waals surface area contributed by atoms with E-state index >= 15 is 0 Å². The summed E-state index contributed by atoms with van der Waals surface area (Å²) in [5, 5.41) is 8.01. The molecule has 0 spiro atoms. The molecule has 22 heavy (non-hydrogen) atoms. The Kier molecular flexibility index (Phi) is 4.33. The van der Waals surface area contributed by atoms with Gasteiger partial charge in [-0.2, -0.15) is 5.10 Å². The van der Waals surface area contributed by atoms with E-state index in [9.17, 15) is 4.79 Å². The highest BCUT2D eigenvalue weighted by molar-refractivity contribution is 7.11. The number of likely N-dealkylation sites (tertiary alicyclic amines) is 1. The Labute approximate surface area is 133 Å². The number of carbonyl (C=O) groups excluding carboxylic acids is 1. The zero-order chi connectivity index (χ0) is 15.5. The molecule has 0 aliphatic carbocycles. The molecule has 2 aromatic heterocycles. The first-order valence-electron chi connectivity index (χ1n) is 7.30. The molecule has 1 amide bonds. The standard InChI is InChI=1S/C15H18N4O2S/c1-10-5-6-13(18-17-10)21-12-4-3-7-19(8-12)15(20)14-11(2)16-9-22-14/h5-6,9,12H,3-4,7-8H2,1-2H3. The molecule has 0 radical (unpaired) electrons. The van der Waals surface area contributed by atoms with Gasteiger partial charge in [0.1, 0.15) is 11.0 Å². The molecule has 2 aromatic rings. The topological polar surface area (TPSA) is 68.2 Å². The van der Waals surface area contributed by atoms with Gasteiger partial charge in [-0.15, -0.1) is 16.4 Å². The van der Waals surface area contributed by atoms with Gasteiger partial charge in [-0.1, -0.05) is 0 Å². The van der Waals surface area contributed by atoms with E-state index in [2.05, 4.69) is 15.2 Å². The second-order valence-corrected chi connectivity index (χ2v) is 6.27. The molecule has 1 aliphatic rings. The second kappa shape index (κ2) is 6.39. The number of piperidine rings is 1. The number of hydrogen-bond acceptors (Lipinski definition) is 6. The average molecular weight is 318 g/mol. The molecule has 1 atom stereocenters. The van der Waals surface area contributed by atoms with Crippen LogP contribution in [0, 0.1) is 13.8 Å². The first-order chi connectivity index (χ1) is 10.6. The molecule has 0 bridgehead atoms. The highest BCUT2D eigenvalue weighted by Gasteiger charge is 2.27. The van der Waals surface area contributed by atoms with Crippen molar-refractivity contribution in [2.75, 3.05) is 13.1 Å². The van der Waals surface area contributed by atoms with E-state index in [4.69, 9.17) is 4.74 Å². The van der Waals surface area contributed by atoms with Crippen molar-refractivity contribution in [3.8, 4) is 5.88 Å². The summed E-state index contributed by atoms with van der Waals surface area (Å²) in [7, 11) is 0. The second-order valence-electron chi connectivity index (χ2n) is 5.41. The quantitative estimate of drug-likeness (QED) is 0.868. The Balaban J connectivity index is 1.65. The van der Waals surface area contributed by atoms with Gasteiger partial charge in [-0.3, -0.25) is 4.79 Å². The summed E-state index contributed by atoms with van der Waals surface area (Å²) in [6.45, 7) is 5.08. The van der Waals surface area contributed by atoms with Gasteiger partial charge in [-0.05, 0) is 32.8 Å². The lowest BCUT2D eigenvalue weighted by Gasteiger charge is -2.32. The van der Waals surface area contributed by atoms with Gasteiger partial charge >= 0.3 is 0 Å². The summed E-state index contributed by atoms with van der Waals surface area (Å²) in [4.78, 5) is 19.2. The summed E-state index contributed by atoms with van der Waals surface area (Å²) < 4.78 is 5.86. The van der Waals surface area contributed by atoms with Crippen LogP contribution in [0.4, 0.5) is 0 Å². The van der Waals surface area contributed by atoms with Crippen LogP contribution >= 0.6 is 11.3 Å². The smallest absolute Gasteiger partial charge is 0.265 e. The summed E-state index contributed by atoms with van der Waals surface area (Å²) in [5.74, 6) is 0.558. The number of thiazole rings is 1. The van der Waals surface area contributed by atoms with E-state index in [0.717, 1.165) is 35.7 Å². The molecule has 1 aliphatic heterocycles. The highest BCUT2D eigenvalue weighted by atomic mass is 32.1. The zero-order valence-electron chi connectivity index (χ0n) is 12.7. The number of ether oxygens (including phenoxy) is 1. The normalized spacial score (nSPS) is 18.3. The molecule has 0 N–H and O–H groups in total. The van der Waals surface area contributed by atoms with Crippen molar-refractivity contribution in [1.82, 2.24) is 20.1 Å². The van der Waals surface area contributed by atoms with Crippen molar-refractivity contribution in [2.45, 2.75) is 32.8 Å². The monoisotopic (exact) mass is 318 g/mol. The number of nitrogens with zero attached hydrogens (tertiary/aromatic N) is 4. The van der Waals surface area contributed by atoms with Gasteiger partial charge in [0.15, 0.2) is 0 Å². The van der Waals surface area contributed by atoms with Crippen LogP contribution < -0.4 is 4.74 Å². The van der Waals surface area contributed by atoms with E-state index in [1.165, 1.54) is 11.3 Å². The lowest BCUT2D eigenvalue weighted by atomic mass is 10.1. The predicted molar refractivity (Wildman–Crippen MR) is 83.2 cm³/mol. The Morgan fingerprint density at radius 3 is 2.91 bits per heavy atom. The lowest BCUT2D eigenvalue weighted by molar-refractivity contribution is 0.0529. The van der Waals surface area contributed by atoms with E-state index in [0.29, 0.717) is 12.4 Å². The lowest BCUT2D eigenvalue weighted by Crippen LogP contribution is -2.44. The largest absolute Gasteiger partial charge is 0.471 e. The summed E-state index contributed by atoms with van der Waals surface area (Å²) >= 11 is 1.39. The van der Waals surface area contributed by atoms with Crippen molar-refractivity contribution in [2.24, 2.45) is 0 Å². The van der Waals surface area contributed by atoms with Crippen molar-refractivity contribution in [1.29, 1.82) is 0 Å². The summed E-state index contributed by atoms with van der Waals surface area (Å²) in [5.41, 5.74) is 3.36. The summed E-state index contributed by atoms with van der Waals surface area (Å²) in [6, 6.07) is 3.69. The Morgan fingerprint density at radius 1 is 1.36 bits per heavy atom. The first kappa shape index (κ1) is 14.9. The van der Waals surface area contributed by atoms with Crippen LogP contribution in [0.1, 0.15) is 33.9 Å². The fraction of sp³-hybridized carbons (Fsp3) is 0.467. The van der Waals surface area contributed by atoms with Gasteiger partial charge in [0, 0.05) is 12.6 Å². The number of aromatic nitrogens is 3. The minimum absolute atomic E-state index is 0.0390. The molecule has 1 saturated heterocycles. The molecule has 6 nitrogen and oxygen atoms in total. The van der Waals surface area contributed by atoms with Crippen LogP contribution in [0.25, 0.3) is 0 Å². The number of carbonyl (C=O) groups is 1. The van der Waals surface area contributed by atoms with Crippen LogP contribution in [-0.4, -0.2) is 45.2 Å². The maximum Gasteiger partial charge on any atom is 0.265 e. The third kappa shape index (κ3) is 3.24. The molecular formula is C15H18N4O2S. The van der Waals surface area contributed by atoms with Crippen LogP contribution in [0.3, 0.4) is 0 Å². The van der Waals surface area contributed by atoms with Crippen LogP contribution in [0.5, 0.6) is 5.88 Å². The first-order valence-corrected chi connectivity index (χ1v) is 8.18. The third-order valence-corrected chi connectivity index (χ3v) is 4.58. The highest BCUT2D eigenvalue weighted by Crippen LogP contribution is 2.21. The van der Waals surface area contributed by atoms with Crippen molar-refractivity contribution >= 4 is 17.2 Å². The molecule has 0 aromatic carbocycles. The fourth-order valence-corrected chi connectivity index (χ4v) is 3.26. The Hall–Kier alpha value is -2.02. The van der Waals surface area contributed by atoms with E-state index in [1.54, 1.807) is 5.51 Å². The van der Waals surface area contributed by atoms with Crippen molar-refractivity contribution in [3.05, 3.63) is 33.9 Å². The zero-order valence-corrected chi connectivity index (χ0v) is 13.5. The van der Waals surface area contributed by atoms with Gasteiger partial charge in [-0.25, -0.2) is 4.98 Å². The molecule has 3 rings (SSSR count). The molecule has 0 saturated carbocycles. The SMILES string of the molecule is Cc1ccc(OC2CCCN(C(=O)c3scnc3C)C2)nn1. The minimum atomic E-state index is -0.0390. The van der Waals surface area contributed by atoms with Crippen molar-refractivity contribution in [3.63, 3.8) is 0 Å². The van der Waals surface area contributed by atoms with Gasteiger partial charge in [0.25, 0.3) is 5.91 Å². The van der Waals surface area contributed by atoms with Gasteiger partial charge < -0.3 is 9.64 Å². The fourth-order valence-electron chi connectivity index (χ4n) is 2.49. The average Bonchev–Trinajstić information content (AvgIpc) is 2.95. The van der Waals surface area contributed by atoms with Crippen LogP contribution in [0.15, 0.2) is 17.6 Å². The molecule has 116 valence electrons. The maximum absolute atomic E-state index is 12.5. The van der Waals surface area contributed by atoms with Crippen LogP contribution in [-0.2, 0) is 0 Å². The van der Waals surface area contributed by atoms with E-state index in [1.807, 2.05) is 30.9 Å². The Bertz CT molecular complexity index is 656. The van der Waals surface area contributed by atoms with E-state index in [-0.39, 0.29) is 12.0 Å². The molecular weight excluding hydrogens is 300 g/mol. The number of hydrogen-bond donors (Lipinski definition) is 0. The molecule has 7 heteroatoms. The summed E-state index contributed by atoms with van der Waals surface area (Å²) in [6.07, 6.45) is 1.80.